The summed E-state index contributed by atoms with van der Waals surface area (Å²) >= 11 is 0. The first-order valence-corrected chi connectivity index (χ1v) is 9.42. The van der Waals surface area contributed by atoms with Gasteiger partial charge in [-0.25, -0.2) is 0 Å². The molecule has 1 heterocycles. The fraction of sp³-hybridized carbons (Fsp3) is 0.526. The second kappa shape index (κ2) is 9.25. The number of aromatic nitrogens is 4. The lowest BCUT2D eigenvalue weighted by atomic mass is 10.2. The number of hydrogen-bond acceptors (Lipinski definition) is 6. The van der Waals surface area contributed by atoms with Gasteiger partial charge in [0, 0.05) is 18.5 Å². The molecule has 0 N–H and O–H groups in total. The second-order valence-corrected chi connectivity index (χ2v) is 6.70. The molecule has 1 aliphatic rings. The van der Waals surface area contributed by atoms with Crippen molar-refractivity contribution in [3.63, 3.8) is 0 Å². The van der Waals surface area contributed by atoms with E-state index in [-0.39, 0.29) is 18.4 Å². The van der Waals surface area contributed by atoms with E-state index in [1.54, 1.807) is 11.8 Å². The van der Waals surface area contributed by atoms with E-state index in [1.807, 2.05) is 30.3 Å². The topological polar surface area (TPSA) is 90.2 Å². The molecule has 0 saturated heterocycles. The Hall–Kier alpha value is -2.77. The van der Waals surface area contributed by atoms with Crippen molar-refractivity contribution in [2.45, 2.75) is 39.2 Å². The molecule has 0 radical (unpaired) electrons. The number of carbonyl (C=O) groups is 2. The molecule has 27 heavy (non-hydrogen) atoms. The Bertz CT molecular complexity index is 758. The third-order valence-electron chi connectivity index (χ3n) is 4.39. The highest BCUT2D eigenvalue weighted by Crippen LogP contribution is 2.30. The smallest absolute Gasteiger partial charge is 0.325 e. The quantitative estimate of drug-likeness (QED) is 0.593. The Kier molecular flexibility index (Phi) is 6.51. The van der Waals surface area contributed by atoms with Gasteiger partial charge in [0.05, 0.1) is 13.2 Å². The fourth-order valence-electron chi connectivity index (χ4n) is 2.80. The lowest BCUT2D eigenvalue weighted by Gasteiger charge is -2.21. The molecule has 1 aromatic carbocycles. The van der Waals surface area contributed by atoms with Gasteiger partial charge in [-0.15, -0.1) is 10.2 Å². The van der Waals surface area contributed by atoms with Crippen LogP contribution in [0.15, 0.2) is 30.3 Å². The van der Waals surface area contributed by atoms with Crippen LogP contribution in [0.1, 0.15) is 32.6 Å². The van der Waals surface area contributed by atoms with Crippen LogP contribution in [-0.2, 0) is 20.9 Å². The molecule has 1 saturated carbocycles. The molecule has 1 fully saturated rings. The summed E-state index contributed by atoms with van der Waals surface area (Å²) in [7, 11) is 0. The number of carbonyl (C=O) groups excluding carboxylic acids is 2. The van der Waals surface area contributed by atoms with E-state index in [0.29, 0.717) is 44.3 Å². The number of esters is 1. The van der Waals surface area contributed by atoms with E-state index in [9.17, 15) is 9.59 Å². The number of hydrogen-bond donors (Lipinski definition) is 0. The number of nitrogens with zero attached hydrogens (tertiary/aromatic N) is 5. The van der Waals surface area contributed by atoms with Gasteiger partial charge in [0.25, 0.3) is 0 Å². The van der Waals surface area contributed by atoms with Crippen molar-refractivity contribution in [1.29, 1.82) is 0 Å². The van der Waals surface area contributed by atoms with Gasteiger partial charge in [0.2, 0.25) is 11.7 Å². The zero-order chi connectivity index (χ0) is 19.1. The van der Waals surface area contributed by atoms with Gasteiger partial charge >= 0.3 is 5.97 Å². The van der Waals surface area contributed by atoms with Crippen molar-refractivity contribution < 1.29 is 14.3 Å². The maximum atomic E-state index is 12.5. The van der Waals surface area contributed by atoms with Crippen molar-refractivity contribution >= 4 is 11.9 Å². The van der Waals surface area contributed by atoms with Gasteiger partial charge in [-0.2, -0.15) is 4.80 Å². The number of tetrazole rings is 1. The molecule has 2 aromatic rings. The predicted octanol–water partition coefficient (Wildman–Crippen LogP) is 1.92. The average Bonchev–Trinajstić information content (AvgIpc) is 3.36. The first kappa shape index (κ1) is 19.0. The van der Waals surface area contributed by atoms with E-state index >= 15 is 0 Å². The maximum Gasteiger partial charge on any atom is 0.325 e. The van der Waals surface area contributed by atoms with Gasteiger partial charge < -0.3 is 9.64 Å². The fourth-order valence-corrected chi connectivity index (χ4v) is 2.80. The molecule has 0 atom stereocenters. The van der Waals surface area contributed by atoms with E-state index in [0.717, 1.165) is 18.4 Å². The molecule has 8 heteroatoms. The monoisotopic (exact) mass is 371 g/mol. The summed E-state index contributed by atoms with van der Waals surface area (Å²) in [5.74, 6) is 0.712. The summed E-state index contributed by atoms with van der Waals surface area (Å²) in [5, 5.41) is 12.4. The van der Waals surface area contributed by atoms with Gasteiger partial charge in [-0.3, -0.25) is 9.59 Å². The van der Waals surface area contributed by atoms with Crippen LogP contribution < -0.4 is 0 Å². The lowest BCUT2D eigenvalue weighted by Crippen LogP contribution is -2.38. The minimum atomic E-state index is -0.350. The Morgan fingerprint density at radius 1 is 1.26 bits per heavy atom. The summed E-state index contributed by atoms with van der Waals surface area (Å²) in [6, 6.07) is 9.63. The number of benzene rings is 1. The van der Waals surface area contributed by atoms with Crippen molar-refractivity contribution in [3.8, 4) is 11.4 Å². The highest BCUT2D eigenvalue weighted by molar-refractivity contribution is 5.82. The molecule has 0 aliphatic heterocycles. The number of amides is 1. The van der Waals surface area contributed by atoms with Crippen LogP contribution in [-0.4, -0.2) is 56.7 Å². The third-order valence-corrected chi connectivity index (χ3v) is 4.39. The summed E-state index contributed by atoms with van der Waals surface area (Å²) in [6.45, 7) is 3.26. The van der Waals surface area contributed by atoms with Crippen molar-refractivity contribution in [2.75, 3.05) is 19.7 Å². The van der Waals surface area contributed by atoms with Gasteiger partial charge in [-0.1, -0.05) is 30.3 Å². The molecule has 1 amide bonds. The first-order valence-electron chi connectivity index (χ1n) is 9.42. The molecule has 144 valence electrons. The van der Waals surface area contributed by atoms with Crippen LogP contribution in [0.3, 0.4) is 0 Å². The van der Waals surface area contributed by atoms with Gasteiger partial charge in [-0.05, 0) is 37.3 Å². The Labute approximate surface area is 158 Å². The summed E-state index contributed by atoms with van der Waals surface area (Å²) < 4.78 is 4.98. The number of rotatable bonds is 10. The number of aryl methyl sites for hydroxylation is 1. The molecule has 0 unspecified atom stereocenters. The zero-order valence-electron chi connectivity index (χ0n) is 15.6. The first-order chi connectivity index (χ1) is 13.2. The predicted molar refractivity (Wildman–Crippen MR) is 98.4 cm³/mol. The average molecular weight is 371 g/mol. The van der Waals surface area contributed by atoms with E-state index in [4.69, 9.17) is 4.74 Å². The van der Waals surface area contributed by atoms with Gasteiger partial charge in [0.15, 0.2) is 0 Å². The molecule has 0 bridgehead atoms. The summed E-state index contributed by atoms with van der Waals surface area (Å²) in [4.78, 5) is 27.4. The molecular formula is C19H25N5O3. The molecule has 3 rings (SSSR count). The Morgan fingerprint density at radius 3 is 2.74 bits per heavy atom. The van der Waals surface area contributed by atoms with Crippen molar-refractivity contribution in [1.82, 2.24) is 25.1 Å². The minimum absolute atomic E-state index is 0.0293. The summed E-state index contributed by atoms with van der Waals surface area (Å²) in [6.07, 6.45) is 3.18. The molecule has 8 nitrogen and oxygen atoms in total. The van der Waals surface area contributed by atoms with Crippen LogP contribution in [0.5, 0.6) is 0 Å². The summed E-state index contributed by atoms with van der Waals surface area (Å²) in [5.41, 5.74) is 0.907. The molecule has 1 aliphatic carbocycles. The lowest BCUT2D eigenvalue weighted by molar-refractivity contribution is -0.149. The molecular weight excluding hydrogens is 346 g/mol. The van der Waals surface area contributed by atoms with Crippen LogP contribution in [0.4, 0.5) is 0 Å². The van der Waals surface area contributed by atoms with Crippen molar-refractivity contribution in [2.24, 2.45) is 5.92 Å². The van der Waals surface area contributed by atoms with Crippen LogP contribution in [0.2, 0.25) is 0 Å². The Balaban J connectivity index is 1.48. The molecule has 0 spiro atoms. The SMILES string of the molecule is CCOC(=O)CN(CC1CC1)C(=O)CCCn1nnc(-c2ccccc2)n1. The Morgan fingerprint density at radius 2 is 2.04 bits per heavy atom. The van der Waals surface area contributed by atoms with Gasteiger partial charge in [0.1, 0.15) is 6.54 Å². The standard InChI is InChI=1S/C19H25N5O3/c1-2-27-18(26)14-23(13-15-10-11-15)17(25)9-6-12-24-21-19(20-22-24)16-7-4-3-5-8-16/h3-5,7-8,15H,2,6,9-14H2,1H3. The second-order valence-electron chi connectivity index (χ2n) is 6.70. The highest BCUT2D eigenvalue weighted by Gasteiger charge is 2.28. The normalized spacial score (nSPS) is 13.4. The van der Waals surface area contributed by atoms with E-state index < -0.39 is 0 Å². The van der Waals surface area contributed by atoms with E-state index in [1.165, 1.54) is 4.80 Å². The van der Waals surface area contributed by atoms with Crippen LogP contribution >= 0.6 is 0 Å². The van der Waals surface area contributed by atoms with Crippen LogP contribution in [0.25, 0.3) is 11.4 Å². The molecule has 1 aromatic heterocycles. The van der Waals surface area contributed by atoms with Crippen molar-refractivity contribution in [3.05, 3.63) is 30.3 Å². The third kappa shape index (κ3) is 5.87. The number of ether oxygens (including phenoxy) is 1. The highest BCUT2D eigenvalue weighted by atomic mass is 16.5. The van der Waals surface area contributed by atoms with Crippen LogP contribution in [0, 0.1) is 5.92 Å². The maximum absolute atomic E-state index is 12.5. The minimum Gasteiger partial charge on any atom is -0.465 e. The van der Waals surface area contributed by atoms with E-state index in [2.05, 4.69) is 15.4 Å². The zero-order valence-corrected chi connectivity index (χ0v) is 15.6. The largest absolute Gasteiger partial charge is 0.465 e.